The minimum Gasteiger partial charge on any atom is -0.493 e. The number of carbonyl (C=O) groups excluding carboxylic acids is 1. The zero-order valence-electron chi connectivity index (χ0n) is 10.4. The number of ether oxygens (including phenoxy) is 1. The summed E-state index contributed by atoms with van der Waals surface area (Å²) in [6.45, 7) is 1.84. The number of hydrogen-bond acceptors (Lipinski definition) is 3. The molecule has 1 aliphatic rings. The molecule has 94 valence electrons. The molecule has 0 aromatic carbocycles. The van der Waals surface area contributed by atoms with Crippen LogP contribution >= 0.6 is 0 Å². The molecule has 2 aromatic rings. The average molecular weight is 245 g/mol. The van der Waals surface area contributed by atoms with Gasteiger partial charge in [-0.2, -0.15) is 0 Å². The second kappa shape index (κ2) is 4.01. The number of aryl methyl sites for hydroxylation is 1. The van der Waals surface area contributed by atoms with Gasteiger partial charge in [0.25, 0.3) is 5.91 Å². The molecule has 1 aliphatic carbocycles. The number of nitrogens with zero attached hydrogens (tertiary/aromatic N) is 2. The Hall–Kier alpha value is -2.04. The highest BCUT2D eigenvalue weighted by Gasteiger charge is 2.26. The normalized spacial score (nSPS) is 14.8. The van der Waals surface area contributed by atoms with Gasteiger partial charge < -0.3 is 10.1 Å². The van der Waals surface area contributed by atoms with Crippen LogP contribution in [0.4, 0.5) is 0 Å². The number of hydrogen-bond donors (Lipinski definition) is 1. The largest absolute Gasteiger partial charge is 0.493 e. The third-order valence-electron chi connectivity index (χ3n) is 3.14. The van der Waals surface area contributed by atoms with Crippen molar-refractivity contribution in [2.24, 2.45) is 0 Å². The number of methoxy groups -OCH3 is 1. The number of aromatic nitrogens is 2. The van der Waals surface area contributed by atoms with Crippen LogP contribution in [0.5, 0.6) is 5.75 Å². The summed E-state index contributed by atoms with van der Waals surface area (Å²) in [5, 5.41) is 2.99. The first kappa shape index (κ1) is 11.1. The summed E-state index contributed by atoms with van der Waals surface area (Å²) in [5.41, 5.74) is 1.99. The number of fused-ring (bicyclic) bond motifs is 1. The highest BCUT2D eigenvalue weighted by Crippen LogP contribution is 2.23. The molecule has 0 atom stereocenters. The van der Waals surface area contributed by atoms with Gasteiger partial charge in [-0.15, -0.1) is 0 Å². The van der Waals surface area contributed by atoms with E-state index in [-0.39, 0.29) is 5.91 Å². The third kappa shape index (κ3) is 1.72. The maximum absolute atomic E-state index is 12.2. The molecule has 5 heteroatoms. The Labute approximate surface area is 105 Å². The molecule has 0 unspecified atom stereocenters. The van der Waals surface area contributed by atoms with Crippen LogP contribution < -0.4 is 10.1 Å². The van der Waals surface area contributed by atoms with Gasteiger partial charge in [0.15, 0.2) is 11.4 Å². The molecule has 0 spiro atoms. The molecular formula is C13H15N3O2. The van der Waals surface area contributed by atoms with Crippen molar-refractivity contribution >= 4 is 11.6 Å². The third-order valence-corrected chi connectivity index (χ3v) is 3.14. The van der Waals surface area contributed by atoms with Crippen molar-refractivity contribution in [2.75, 3.05) is 7.11 Å². The molecule has 18 heavy (non-hydrogen) atoms. The summed E-state index contributed by atoms with van der Waals surface area (Å²) in [6.07, 6.45) is 3.98. The summed E-state index contributed by atoms with van der Waals surface area (Å²) < 4.78 is 7.04. The minimum absolute atomic E-state index is 0.0595. The molecule has 1 amide bonds. The first-order valence-electron chi connectivity index (χ1n) is 6.03. The number of nitrogens with one attached hydrogen (secondary N) is 1. The summed E-state index contributed by atoms with van der Waals surface area (Å²) in [6, 6.07) is 4.03. The SMILES string of the molecule is COc1cccn2c(C(=O)NC3CC3)c(C)nc12. The van der Waals surface area contributed by atoms with Gasteiger partial charge in [-0.3, -0.25) is 9.20 Å². The molecule has 0 aliphatic heterocycles. The molecule has 1 fully saturated rings. The molecule has 1 N–H and O–H groups in total. The predicted octanol–water partition coefficient (Wildman–Crippen LogP) is 1.54. The Morgan fingerprint density at radius 1 is 1.56 bits per heavy atom. The Morgan fingerprint density at radius 2 is 2.33 bits per heavy atom. The van der Waals surface area contributed by atoms with Crippen LogP contribution in [0.25, 0.3) is 5.65 Å². The van der Waals surface area contributed by atoms with E-state index in [2.05, 4.69) is 10.3 Å². The van der Waals surface area contributed by atoms with E-state index in [9.17, 15) is 4.79 Å². The fraction of sp³-hybridized carbons (Fsp3) is 0.385. The maximum atomic E-state index is 12.2. The monoisotopic (exact) mass is 245 g/mol. The molecule has 0 saturated heterocycles. The van der Waals surface area contributed by atoms with Gasteiger partial charge >= 0.3 is 0 Å². The summed E-state index contributed by atoms with van der Waals surface area (Å²) in [4.78, 5) is 16.6. The first-order chi connectivity index (χ1) is 8.70. The molecule has 2 aromatic heterocycles. The second-order valence-corrected chi connectivity index (χ2v) is 4.56. The van der Waals surface area contributed by atoms with Crippen LogP contribution in [0.15, 0.2) is 18.3 Å². The van der Waals surface area contributed by atoms with Crippen molar-refractivity contribution in [1.82, 2.24) is 14.7 Å². The van der Waals surface area contributed by atoms with E-state index < -0.39 is 0 Å². The Bertz CT molecular complexity index is 614. The van der Waals surface area contributed by atoms with Crippen molar-refractivity contribution < 1.29 is 9.53 Å². The Morgan fingerprint density at radius 3 is 3.00 bits per heavy atom. The van der Waals surface area contributed by atoms with E-state index in [1.807, 2.05) is 25.3 Å². The van der Waals surface area contributed by atoms with Crippen molar-refractivity contribution in [2.45, 2.75) is 25.8 Å². The molecule has 5 nitrogen and oxygen atoms in total. The zero-order valence-corrected chi connectivity index (χ0v) is 10.4. The molecule has 0 radical (unpaired) electrons. The molecule has 3 rings (SSSR count). The number of imidazole rings is 1. The van der Waals surface area contributed by atoms with Gasteiger partial charge in [-0.25, -0.2) is 4.98 Å². The Balaban J connectivity index is 2.10. The number of amides is 1. The van der Waals surface area contributed by atoms with Crippen LogP contribution in [-0.2, 0) is 0 Å². The Kier molecular flexibility index (Phi) is 2.47. The van der Waals surface area contributed by atoms with E-state index in [1.54, 1.807) is 11.5 Å². The molecule has 0 bridgehead atoms. The lowest BCUT2D eigenvalue weighted by molar-refractivity contribution is 0.0944. The quantitative estimate of drug-likeness (QED) is 0.892. The van der Waals surface area contributed by atoms with Crippen LogP contribution in [0.1, 0.15) is 29.0 Å². The van der Waals surface area contributed by atoms with Crippen LogP contribution in [0, 0.1) is 6.92 Å². The van der Waals surface area contributed by atoms with Gasteiger partial charge in [0, 0.05) is 12.2 Å². The van der Waals surface area contributed by atoms with Crippen molar-refractivity contribution in [1.29, 1.82) is 0 Å². The van der Waals surface area contributed by atoms with Crippen molar-refractivity contribution in [3.8, 4) is 5.75 Å². The van der Waals surface area contributed by atoms with E-state index in [0.29, 0.717) is 23.1 Å². The van der Waals surface area contributed by atoms with Crippen LogP contribution in [0.2, 0.25) is 0 Å². The van der Waals surface area contributed by atoms with Crippen molar-refractivity contribution in [3.63, 3.8) is 0 Å². The summed E-state index contributed by atoms with van der Waals surface area (Å²) in [5.74, 6) is 0.613. The van der Waals surface area contributed by atoms with Crippen molar-refractivity contribution in [3.05, 3.63) is 29.7 Å². The van der Waals surface area contributed by atoms with Gasteiger partial charge in [0.05, 0.1) is 12.8 Å². The fourth-order valence-electron chi connectivity index (χ4n) is 2.07. The van der Waals surface area contributed by atoms with E-state index >= 15 is 0 Å². The lowest BCUT2D eigenvalue weighted by Gasteiger charge is -2.05. The van der Waals surface area contributed by atoms with E-state index in [1.165, 1.54) is 0 Å². The highest BCUT2D eigenvalue weighted by molar-refractivity contribution is 5.95. The second-order valence-electron chi connectivity index (χ2n) is 4.56. The summed E-state index contributed by atoms with van der Waals surface area (Å²) >= 11 is 0. The van der Waals surface area contributed by atoms with Crippen LogP contribution in [0.3, 0.4) is 0 Å². The molecule has 2 heterocycles. The van der Waals surface area contributed by atoms with E-state index in [4.69, 9.17) is 4.74 Å². The maximum Gasteiger partial charge on any atom is 0.270 e. The van der Waals surface area contributed by atoms with Gasteiger partial charge in [-0.05, 0) is 31.9 Å². The van der Waals surface area contributed by atoms with Gasteiger partial charge in [0.1, 0.15) is 5.69 Å². The minimum atomic E-state index is -0.0595. The number of pyridine rings is 1. The number of carbonyl (C=O) groups is 1. The average Bonchev–Trinajstić information content (AvgIpc) is 3.08. The number of rotatable bonds is 3. The zero-order chi connectivity index (χ0) is 12.7. The van der Waals surface area contributed by atoms with Gasteiger partial charge in [-0.1, -0.05) is 0 Å². The smallest absolute Gasteiger partial charge is 0.270 e. The predicted molar refractivity (Wildman–Crippen MR) is 67.0 cm³/mol. The first-order valence-corrected chi connectivity index (χ1v) is 6.03. The molecule has 1 saturated carbocycles. The van der Waals surface area contributed by atoms with Gasteiger partial charge in [0.2, 0.25) is 0 Å². The fourth-order valence-corrected chi connectivity index (χ4v) is 2.07. The molecular weight excluding hydrogens is 230 g/mol. The topological polar surface area (TPSA) is 55.6 Å². The highest BCUT2D eigenvalue weighted by atomic mass is 16.5. The standard InChI is InChI=1S/C13H15N3O2/c1-8-11(13(17)15-9-5-6-9)16-7-3-4-10(18-2)12(16)14-8/h3-4,7,9H,5-6H2,1-2H3,(H,15,17). The van der Waals surface area contributed by atoms with E-state index in [0.717, 1.165) is 18.5 Å². The lowest BCUT2D eigenvalue weighted by Crippen LogP contribution is -2.27. The van der Waals surface area contributed by atoms with Crippen LogP contribution in [-0.4, -0.2) is 28.4 Å². The lowest BCUT2D eigenvalue weighted by atomic mass is 10.3. The summed E-state index contributed by atoms with van der Waals surface area (Å²) in [7, 11) is 1.60.